The molecule has 0 aliphatic carbocycles. The Kier molecular flexibility index (Phi) is 6.48. The van der Waals surface area contributed by atoms with Crippen molar-refractivity contribution >= 4 is 29.5 Å². The Morgan fingerprint density at radius 2 is 1.89 bits per heavy atom. The van der Waals surface area contributed by atoms with Crippen LogP contribution in [0, 0.1) is 11.8 Å². The van der Waals surface area contributed by atoms with Gasteiger partial charge in [0, 0.05) is 17.5 Å². The summed E-state index contributed by atoms with van der Waals surface area (Å²) in [6, 6.07) is 11.2. The van der Waals surface area contributed by atoms with Crippen LogP contribution in [-0.4, -0.2) is 39.3 Å². The molecule has 0 N–H and O–H groups in total. The standard InChI is InChI=1S/C22H22O4S2/c1-24-20-14-17(21(23)25-2)9-8-16(20)7-5-15-6-10-19-18(13-15)22(27-3,28-4)11-12-26-19/h6,8-10,13-14H,11-12H2,1-4H3. The Morgan fingerprint density at radius 3 is 2.57 bits per heavy atom. The molecular weight excluding hydrogens is 392 g/mol. The van der Waals surface area contributed by atoms with E-state index in [0.29, 0.717) is 16.9 Å². The Bertz CT molecular complexity index is 939. The molecule has 1 aliphatic rings. The van der Waals surface area contributed by atoms with Crippen molar-refractivity contribution in [1.29, 1.82) is 0 Å². The summed E-state index contributed by atoms with van der Waals surface area (Å²) in [6.45, 7) is 0.726. The van der Waals surface area contributed by atoms with Crippen molar-refractivity contribution in [2.75, 3.05) is 33.3 Å². The molecule has 0 atom stereocenters. The molecule has 0 fully saturated rings. The number of ether oxygens (including phenoxy) is 3. The number of rotatable bonds is 4. The van der Waals surface area contributed by atoms with E-state index in [-0.39, 0.29) is 4.08 Å². The highest BCUT2D eigenvalue weighted by Gasteiger charge is 2.36. The number of esters is 1. The van der Waals surface area contributed by atoms with Crippen LogP contribution in [0.15, 0.2) is 36.4 Å². The first-order chi connectivity index (χ1) is 13.6. The first kappa shape index (κ1) is 20.5. The van der Waals surface area contributed by atoms with Gasteiger partial charge in [0.1, 0.15) is 11.5 Å². The van der Waals surface area contributed by atoms with Crippen LogP contribution < -0.4 is 9.47 Å². The van der Waals surface area contributed by atoms with Crippen LogP contribution in [0.4, 0.5) is 0 Å². The Hall–Kier alpha value is -2.23. The van der Waals surface area contributed by atoms with Gasteiger partial charge in [-0.15, -0.1) is 23.5 Å². The van der Waals surface area contributed by atoms with E-state index in [0.717, 1.165) is 24.3 Å². The van der Waals surface area contributed by atoms with E-state index in [2.05, 4.69) is 30.4 Å². The first-order valence-electron chi connectivity index (χ1n) is 8.73. The second-order valence-electron chi connectivity index (χ2n) is 6.13. The van der Waals surface area contributed by atoms with Gasteiger partial charge >= 0.3 is 5.97 Å². The molecular formula is C22H22O4S2. The maximum Gasteiger partial charge on any atom is 0.337 e. The molecule has 1 heterocycles. The lowest BCUT2D eigenvalue weighted by molar-refractivity contribution is 0.0600. The zero-order valence-electron chi connectivity index (χ0n) is 16.3. The largest absolute Gasteiger partial charge is 0.495 e. The summed E-state index contributed by atoms with van der Waals surface area (Å²) in [4.78, 5) is 11.7. The van der Waals surface area contributed by atoms with E-state index < -0.39 is 5.97 Å². The SMILES string of the molecule is COC(=O)c1ccc(C#Cc2ccc3c(c2)C(SC)(SC)CCO3)c(OC)c1. The Morgan fingerprint density at radius 1 is 1.11 bits per heavy atom. The number of carbonyl (C=O) groups is 1. The lowest BCUT2D eigenvalue weighted by Gasteiger charge is -2.36. The van der Waals surface area contributed by atoms with Gasteiger partial charge in [0.25, 0.3) is 0 Å². The van der Waals surface area contributed by atoms with Crippen LogP contribution in [0.3, 0.4) is 0 Å². The average Bonchev–Trinajstić information content (AvgIpc) is 2.76. The number of benzene rings is 2. The Labute approximate surface area is 174 Å². The van der Waals surface area contributed by atoms with Gasteiger partial charge in [0.2, 0.25) is 0 Å². The number of carbonyl (C=O) groups excluding carboxylic acids is 1. The minimum absolute atomic E-state index is 0.00880. The summed E-state index contributed by atoms with van der Waals surface area (Å²) < 4.78 is 16.0. The molecule has 0 bridgehead atoms. The second kappa shape index (κ2) is 8.85. The van der Waals surface area contributed by atoms with Crippen molar-refractivity contribution in [3.8, 4) is 23.3 Å². The molecule has 146 valence electrons. The number of hydrogen-bond donors (Lipinski definition) is 0. The van der Waals surface area contributed by atoms with E-state index in [9.17, 15) is 4.79 Å². The van der Waals surface area contributed by atoms with Crippen LogP contribution in [0.2, 0.25) is 0 Å². The fourth-order valence-electron chi connectivity index (χ4n) is 3.15. The molecule has 0 unspecified atom stereocenters. The minimum Gasteiger partial charge on any atom is -0.495 e. The second-order valence-corrected chi connectivity index (χ2v) is 8.60. The van der Waals surface area contributed by atoms with Crippen molar-refractivity contribution in [2.24, 2.45) is 0 Å². The average molecular weight is 415 g/mol. The van der Waals surface area contributed by atoms with Crippen LogP contribution in [-0.2, 0) is 8.82 Å². The number of methoxy groups -OCH3 is 2. The van der Waals surface area contributed by atoms with Gasteiger partial charge in [-0.05, 0) is 48.9 Å². The maximum absolute atomic E-state index is 11.7. The van der Waals surface area contributed by atoms with Gasteiger partial charge in [-0.1, -0.05) is 11.8 Å². The third kappa shape index (κ3) is 3.96. The highest BCUT2D eigenvalue weighted by Crippen LogP contribution is 2.52. The molecule has 0 saturated carbocycles. The predicted octanol–water partition coefficient (Wildman–Crippen LogP) is 4.54. The van der Waals surface area contributed by atoms with Gasteiger partial charge in [0.05, 0.1) is 36.0 Å². The minimum atomic E-state index is -0.405. The number of thioether (sulfide) groups is 2. The van der Waals surface area contributed by atoms with Crippen molar-refractivity contribution in [3.05, 3.63) is 58.7 Å². The van der Waals surface area contributed by atoms with Crippen LogP contribution >= 0.6 is 23.5 Å². The molecule has 6 heteroatoms. The first-order valence-corrected chi connectivity index (χ1v) is 11.2. The topological polar surface area (TPSA) is 44.8 Å². The molecule has 1 aliphatic heterocycles. The smallest absolute Gasteiger partial charge is 0.337 e. The van der Waals surface area contributed by atoms with Gasteiger partial charge in [-0.3, -0.25) is 0 Å². The molecule has 2 aromatic carbocycles. The zero-order valence-corrected chi connectivity index (χ0v) is 18.0. The van der Waals surface area contributed by atoms with Crippen LogP contribution in [0.25, 0.3) is 0 Å². The van der Waals surface area contributed by atoms with Crippen LogP contribution in [0.1, 0.15) is 33.5 Å². The normalized spacial score (nSPS) is 14.1. The molecule has 2 aromatic rings. The fourth-order valence-corrected chi connectivity index (χ4v) is 5.15. The molecule has 28 heavy (non-hydrogen) atoms. The van der Waals surface area contributed by atoms with E-state index in [1.165, 1.54) is 12.7 Å². The van der Waals surface area contributed by atoms with Crippen molar-refractivity contribution in [3.63, 3.8) is 0 Å². The lowest BCUT2D eigenvalue weighted by Crippen LogP contribution is -2.26. The van der Waals surface area contributed by atoms with Crippen LogP contribution in [0.5, 0.6) is 11.5 Å². The highest BCUT2D eigenvalue weighted by atomic mass is 32.2. The lowest BCUT2D eigenvalue weighted by atomic mass is 10.0. The molecule has 3 rings (SSSR count). The summed E-state index contributed by atoms with van der Waals surface area (Å²) in [7, 11) is 2.91. The van der Waals surface area contributed by atoms with Gasteiger partial charge in [0.15, 0.2) is 0 Å². The highest BCUT2D eigenvalue weighted by molar-refractivity contribution is 8.16. The van der Waals surface area contributed by atoms with Gasteiger partial charge < -0.3 is 14.2 Å². The summed E-state index contributed by atoms with van der Waals surface area (Å²) in [5.41, 5.74) is 3.24. The Balaban J connectivity index is 1.96. The summed E-state index contributed by atoms with van der Waals surface area (Å²) in [6.07, 6.45) is 5.23. The summed E-state index contributed by atoms with van der Waals surface area (Å²) >= 11 is 3.69. The monoisotopic (exact) mass is 414 g/mol. The number of hydrogen-bond acceptors (Lipinski definition) is 6. The van der Waals surface area contributed by atoms with Gasteiger partial charge in [-0.25, -0.2) is 4.79 Å². The van der Waals surface area contributed by atoms with Crippen molar-refractivity contribution in [1.82, 2.24) is 0 Å². The third-order valence-corrected chi connectivity index (χ3v) is 7.87. The number of fused-ring (bicyclic) bond motifs is 1. The molecule has 4 nitrogen and oxygen atoms in total. The molecule has 0 radical (unpaired) electrons. The van der Waals surface area contributed by atoms with E-state index in [4.69, 9.17) is 14.2 Å². The molecule has 0 aromatic heterocycles. The molecule has 0 spiro atoms. The zero-order chi connectivity index (χ0) is 20.1. The van der Waals surface area contributed by atoms with Crippen molar-refractivity contribution < 1.29 is 19.0 Å². The maximum atomic E-state index is 11.7. The predicted molar refractivity (Wildman–Crippen MR) is 116 cm³/mol. The molecule has 0 amide bonds. The van der Waals surface area contributed by atoms with Crippen molar-refractivity contribution in [2.45, 2.75) is 10.5 Å². The van der Waals surface area contributed by atoms with E-state index in [1.54, 1.807) is 25.3 Å². The van der Waals surface area contributed by atoms with E-state index >= 15 is 0 Å². The molecule has 0 saturated heterocycles. The van der Waals surface area contributed by atoms with E-state index in [1.807, 2.05) is 35.7 Å². The third-order valence-electron chi connectivity index (χ3n) is 4.70. The fraction of sp³-hybridized carbons (Fsp3) is 0.318. The summed E-state index contributed by atoms with van der Waals surface area (Å²) in [5, 5.41) is 0. The van der Waals surface area contributed by atoms with Gasteiger partial charge in [-0.2, -0.15) is 0 Å². The summed E-state index contributed by atoms with van der Waals surface area (Å²) in [5.74, 6) is 7.43. The quantitative estimate of drug-likeness (QED) is 0.416.